The normalized spacial score (nSPS) is 54.4. The van der Waals surface area contributed by atoms with Gasteiger partial charge in [-0.2, -0.15) is 0 Å². The highest BCUT2D eigenvalue weighted by atomic mass is 16.7. The first kappa shape index (κ1) is 51.6. The molecule has 0 aromatic heterocycles. The molecule has 13 N–H and O–H groups in total. The first-order valence-corrected chi connectivity index (χ1v) is 24.4. The fourth-order valence-electron chi connectivity index (χ4n) is 15.7. The van der Waals surface area contributed by atoms with Gasteiger partial charge in [-0.1, -0.05) is 34.6 Å². The molecule has 3 aliphatic heterocycles. The van der Waals surface area contributed by atoms with Crippen LogP contribution in [0.5, 0.6) is 0 Å². The van der Waals surface area contributed by atoms with Crippen molar-refractivity contribution in [3.8, 4) is 0 Å². The Kier molecular flexibility index (Phi) is 14.1. The Morgan fingerprint density at radius 3 is 1.86 bits per heavy atom. The molecular formula is C47H80O19. The Morgan fingerprint density at radius 1 is 0.652 bits per heavy atom. The van der Waals surface area contributed by atoms with E-state index in [1.54, 1.807) is 13.8 Å². The van der Waals surface area contributed by atoms with Crippen molar-refractivity contribution in [1.29, 1.82) is 0 Å². The smallest absolute Gasteiger partial charge is 0.187 e. The summed E-state index contributed by atoms with van der Waals surface area (Å²) in [6, 6.07) is 0. The van der Waals surface area contributed by atoms with Crippen LogP contribution in [0.25, 0.3) is 0 Å². The second kappa shape index (κ2) is 18.1. The lowest BCUT2D eigenvalue weighted by Gasteiger charge is -2.65. The van der Waals surface area contributed by atoms with Gasteiger partial charge < -0.3 is 94.8 Å². The maximum absolute atomic E-state index is 12.3. The number of rotatable bonds is 13. The van der Waals surface area contributed by atoms with Crippen molar-refractivity contribution in [3.05, 3.63) is 0 Å². The molecule has 0 aromatic rings. The Bertz CT molecular complexity index is 1700. The monoisotopic (exact) mass is 949 g/mol. The van der Waals surface area contributed by atoms with E-state index in [1.807, 2.05) is 0 Å². The third kappa shape index (κ3) is 7.89. The van der Waals surface area contributed by atoms with Gasteiger partial charge in [-0.25, -0.2) is 0 Å². The average molecular weight is 949 g/mol. The maximum Gasteiger partial charge on any atom is 0.187 e. The van der Waals surface area contributed by atoms with Crippen molar-refractivity contribution in [1.82, 2.24) is 0 Å². The zero-order valence-corrected chi connectivity index (χ0v) is 39.5. The number of hydrogen-bond acceptors (Lipinski definition) is 19. The van der Waals surface area contributed by atoms with Gasteiger partial charge in [-0.15, -0.1) is 0 Å². The first-order chi connectivity index (χ1) is 30.8. The van der Waals surface area contributed by atoms with E-state index >= 15 is 0 Å². The molecule has 382 valence electrons. The zero-order chi connectivity index (χ0) is 48.4. The Balaban J connectivity index is 1.04. The van der Waals surface area contributed by atoms with Crippen LogP contribution in [0.3, 0.4) is 0 Å². The second-order valence-corrected chi connectivity index (χ2v) is 23.5. The molecule has 8 rings (SSSR count). The first-order valence-electron chi connectivity index (χ1n) is 24.4. The van der Waals surface area contributed by atoms with Gasteiger partial charge in [0.2, 0.25) is 0 Å². The fraction of sp³-hybridized carbons (Fsp3) is 1.00. The standard InChI is InChI=1S/C47H80O19/c1-20(8-9-27(52)43(4,5)66-41-37(60)34(57)32(55)25(17-49)64-41)29-21(50)15-45(7)26-14-23(62-40-36(59)33(56)31(54)24(16-48)63-40)38-42(2,3)28(65-39-35(58)30(53)22(51)18-61-39)10-11-47(38)19-46(26,47)13-12-44(29,45)6/h20-41,48-60H,8-19H2,1-7H3/t20-,21+,22-,23+,24-,25-,26+,27+,28+,29+,30+,31-,32-,33+,34+,35-,36-,37-,38+,39+,40-,41+,44-,45+,46+,47-/m1/s1. The third-order valence-electron chi connectivity index (χ3n) is 19.5. The molecule has 8 fully saturated rings. The van der Waals surface area contributed by atoms with Gasteiger partial charge in [-0.3, -0.25) is 0 Å². The minimum absolute atomic E-state index is 0.0339. The predicted octanol–water partition coefficient (Wildman–Crippen LogP) is -1.61. The van der Waals surface area contributed by atoms with E-state index in [0.29, 0.717) is 25.7 Å². The van der Waals surface area contributed by atoms with Gasteiger partial charge in [0.1, 0.15) is 67.1 Å². The molecule has 5 aliphatic carbocycles. The van der Waals surface area contributed by atoms with Crippen LogP contribution in [0.15, 0.2) is 0 Å². The van der Waals surface area contributed by atoms with Crippen molar-refractivity contribution >= 4 is 0 Å². The van der Waals surface area contributed by atoms with Gasteiger partial charge in [0.05, 0.1) is 49.8 Å². The molecule has 3 saturated heterocycles. The van der Waals surface area contributed by atoms with Gasteiger partial charge in [-0.05, 0) is 122 Å². The van der Waals surface area contributed by atoms with Crippen LogP contribution in [0, 0.1) is 50.7 Å². The molecule has 26 atom stereocenters. The fourth-order valence-corrected chi connectivity index (χ4v) is 15.7. The lowest BCUT2D eigenvalue weighted by atomic mass is 9.41. The Hall–Kier alpha value is -0.760. The third-order valence-corrected chi connectivity index (χ3v) is 19.5. The predicted molar refractivity (Wildman–Crippen MR) is 228 cm³/mol. The molecule has 0 unspecified atom stereocenters. The molecule has 66 heavy (non-hydrogen) atoms. The van der Waals surface area contributed by atoms with Crippen LogP contribution in [-0.2, 0) is 28.4 Å². The topological polar surface area (TPSA) is 318 Å². The van der Waals surface area contributed by atoms with Gasteiger partial charge in [0.15, 0.2) is 18.9 Å². The van der Waals surface area contributed by atoms with Crippen molar-refractivity contribution in [2.24, 2.45) is 50.7 Å². The lowest BCUT2D eigenvalue weighted by Crippen LogP contribution is -2.65. The molecule has 2 spiro atoms. The molecule has 0 bridgehead atoms. The summed E-state index contributed by atoms with van der Waals surface area (Å²) >= 11 is 0. The Morgan fingerprint density at radius 2 is 1.24 bits per heavy atom. The highest BCUT2D eigenvalue weighted by Gasteiger charge is 2.85. The number of hydrogen-bond donors (Lipinski definition) is 13. The molecular weight excluding hydrogens is 868 g/mol. The van der Waals surface area contributed by atoms with Crippen LogP contribution < -0.4 is 0 Å². The summed E-state index contributed by atoms with van der Waals surface area (Å²) < 4.78 is 36.7. The molecule has 5 saturated carbocycles. The molecule has 0 aromatic carbocycles. The number of aliphatic hydroxyl groups excluding tert-OH is 13. The van der Waals surface area contributed by atoms with E-state index in [4.69, 9.17) is 28.4 Å². The van der Waals surface area contributed by atoms with Crippen molar-refractivity contribution < 1.29 is 94.8 Å². The summed E-state index contributed by atoms with van der Waals surface area (Å²) in [6.45, 7) is 12.7. The SMILES string of the molecule is C[C@H](CC[C@H](O)C(C)(C)O[C@@H]1O[C@H](CO)[C@@H](O)[C@H](O)[C@H]1O)[C@H]1[C@@H](O)C[C@@]2(C)[C@@H]3C[C@H](O[C@@H]4O[C@H](CO)[C@@H](O)[C@H](O)[C@H]4O)[C@H]4C(C)(C)[C@@H](O[C@@H]5OC[C@@H](O)[C@H](O)[C@H]5O)CC[C@@]45C[C@@]35CC[C@]12C. The summed E-state index contributed by atoms with van der Waals surface area (Å²) in [5, 5.41) is 139. The minimum atomic E-state index is -1.65. The summed E-state index contributed by atoms with van der Waals surface area (Å²) in [7, 11) is 0. The number of fused-ring (bicyclic) bond motifs is 2. The maximum atomic E-state index is 12.3. The van der Waals surface area contributed by atoms with E-state index in [9.17, 15) is 66.4 Å². The quantitative estimate of drug-likeness (QED) is 0.0924. The summed E-state index contributed by atoms with van der Waals surface area (Å²) in [4.78, 5) is 0. The molecule has 3 heterocycles. The van der Waals surface area contributed by atoms with Crippen molar-refractivity contribution in [3.63, 3.8) is 0 Å². The number of ether oxygens (including phenoxy) is 6. The second-order valence-electron chi connectivity index (χ2n) is 23.5. The van der Waals surface area contributed by atoms with Crippen LogP contribution in [0.4, 0.5) is 0 Å². The largest absolute Gasteiger partial charge is 0.394 e. The van der Waals surface area contributed by atoms with E-state index in [0.717, 1.165) is 25.7 Å². The lowest BCUT2D eigenvalue weighted by molar-refractivity contribution is -0.338. The highest BCUT2D eigenvalue weighted by molar-refractivity contribution is 5.33. The van der Waals surface area contributed by atoms with Crippen molar-refractivity contribution in [2.75, 3.05) is 19.8 Å². The van der Waals surface area contributed by atoms with Crippen molar-refractivity contribution in [2.45, 2.75) is 222 Å². The zero-order valence-electron chi connectivity index (χ0n) is 39.5. The summed E-state index contributed by atoms with van der Waals surface area (Å²) in [5.74, 6) is -0.401. The molecule has 8 aliphatic rings. The Labute approximate surface area is 386 Å². The number of aliphatic hydroxyl groups is 13. The molecule has 0 amide bonds. The van der Waals surface area contributed by atoms with E-state index in [2.05, 4.69) is 34.6 Å². The highest BCUT2D eigenvalue weighted by Crippen LogP contribution is 2.89. The van der Waals surface area contributed by atoms with Crippen LogP contribution in [0.1, 0.15) is 106 Å². The van der Waals surface area contributed by atoms with Crippen LogP contribution >= 0.6 is 0 Å². The van der Waals surface area contributed by atoms with Gasteiger partial charge >= 0.3 is 0 Å². The summed E-state index contributed by atoms with van der Waals surface area (Å²) in [6.07, 6.45) is -17.2. The molecule has 19 nitrogen and oxygen atoms in total. The van der Waals surface area contributed by atoms with E-state index in [1.165, 1.54) is 0 Å². The van der Waals surface area contributed by atoms with Crippen LogP contribution in [-0.4, -0.2) is 202 Å². The van der Waals surface area contributed by atoms with E-state index < -0.39 is 140 Å². The van der Waals surface area contributed by atoms with Gasteiger partial charge in [0.25, 0.3) is 0 Å². The minimum Gasteiger partial charge on any atom is -0.394 e. The van der Waals surface area contributed by atoms with Crippen LogP contribution in [0.2, 0.25) is 0 Å². The van der Waals surface area contributed by atoms with E-state index in [-0.39, 0.29) is 52.9 Å². The molecule has 19 heteroatoms. The molecule has 0 radical (unpaired) electrons. The average Bonchev–Trinajstić information content (AvgIpc) is 3.86. The van der Waals surface area contributed by atoms with Gasteiger partial charge in [0, 0.05) is 0 Å². The summed E-state index contributed by atoms with van der Waals surface area (Å²) in [5.41, 5.74) is -3.12.